The second-order valence-corrected chi connectivity index (χ2v) is 9.57. The quantitative estimate of drug-likeness (QED) is 0.717. The molecule has 2 fully saturated rings. The lowest BCUT2D eigenvalue weighted by Gasteiger charge is -2.29. The van der Waals surface area contributed by atoms with Crippen molar-refractivity contribution in [3.8, 4) is 0 Å². The topological polar surface area (TPSA) is 86.8 Å². The summed E-state index contributed by atoms with van der Waals surface area (Å²) >= 11 is 0. The van der Waals surface area contributed by atoms with Crippen molar-refractivity contribution in [1.29, 1.82) is 0 Å². The van der Waals surface area contributed by atoms with Crippen molar-refractivity contribution in [3.63, 3.8) is 0 Å². The third kappa shape index (κ3) is 4.60. The SMILES string of the molecule is Cc1ccccc1C(=O)N[C@@H](CC(C)C)C(=O)N1CC[C@@H]2[C@H]1C(=O)CN2C(=O)c1ccccc1. The summed E-state index contributed by atoms with van der Waals surface area (Å²) in [6.07, 6.45) is 1.01. The number of nitrogens with zero attached hydrogens (tertiary/aromatic N) is 2. The van der Waals surface area contributed by atoms with Crippen molar-refractivity contribution in [2.75, 3.05) is 13.1 Å². The van der Waals surface area contributed by atoms with Crippen LogP contribution < -0.4 is 5.32 Å². The Kier molecular flexibility index (Phi) is 6.82. The molecule has 0 saturated carbocycles. The molecular formula is C27H31N3O4. The normalized spacial score (nSPS) is 20.4. The summed E-state index contributed by atoms with van der Waals surface area (Å²) in [5.74, 6) is -0.715. The van der Waals surface area contributed by atoms with Gasteiger partial charge in [-0.2, -0.15) is 0 Å². The molecule has 2 aromatic rings. The standard InChI is InChI=1S/C27H31N3O4/c1-17(2)15-21(28-25(32)20-12-8-7-9-18(20)3)27(34)29-14-13-22-24(29)23(31)16-30(22)26(33)19-10-5-4-6-11-19/h4-12,17,21-22,24H,13-16H2,1-3H3,(H,28,32)/t21-,22+,24-/m0/s1. The van der Waals surface area contributed by atoms with Gasteiger partial charge in [0.1, 0.15) is 12.1 Å². The number of nitrogens with one attached hydrogen (secondary N) is 1. The third-order valence-corrected chi connectivity index (χ3v) is 6.69. The molecule has 2 aliphatic heterocycles. The predicted octanol–water partition coefficient (Wildman–Crippen LogP) is 2.83. The molecule has 2 saturated heterocycles. The number of benzene rings is 2. The van der Waals surface area contributed by atoms with E-state index < -0.39 is 12.1 Å². The number of Topliss-reactive ketones (excluding diaryl/α,β-unsaturated/α-hetero) is 1. The highest BCUT2D eigenvalue weighted by atomic mass is 16.2. The van der Waals surface area contributed by atoms with E-state index >= 15 is 0 Å². The van der Waals surface area contributed by atoms with E-state index in [0.717, 1.165) is 5.56 Å². The first-order valence-electron chi connectivity index (χ1n) is 11.8. The van der Waals surface area contributed by atoms with Crippen LogP contribution in [0.1, 0.15) is 53.0 Å². The highest BCUT2D eigenvalue weighted by Gasteiger charge is 2.52. The van der Waals surface area contributed by atoms with Crippen LogP contribution in [0.25, 0.3) is 0 Å². The van der Waals surface area contributed by atoms with Gasteiger partial charge < -0.3 is 15.1 Å². The lowest BCUT2D eigenvalue weighted by atomic mass is 10.0. The van der Waals surface area contributed by atoms with Crippen molar-refractivity contribution >= 4 is 23.5 Å². The Morgan fingerprint density at radius 3 is 2.35 bits per heavy atom. The molecule has 0 spiro atoms. The first-order chi connectivity index (χ1) is 16.3. The van der Waals surface area contributed by atoms with E-state index in [0.29, 0.717) is 30.5 Å². The Hall–Kier alpha value is -3.48. The fourth-order valence-electron chi connectivity index (χ4n) is 5.04. The van der Waals surface area contributed by atoms with Gasteiger partial charge in [0, 0.05) is 17.7 Å². The molecule has 0 radical (unpaired) electrons. The predicted molar refractivity (Wildman–Crippen MR) is 128 cm³/mol. The van der Waals surface area contributed by atoms with Gasteiger partial charge in [0.25, 0.3) is 11.8 Å². The average molecular weight is 462 g/mol. The fourth-order valence-corrected chi connectivity index (χ4v) is 5.04. The number of hydrogen-bond donors (Lipinski definition) is 1. The molecule has 7 nitrogen and oxygen atoms in total. The Balaban J connectivity index is 1.52. The molecule has 3 amide bonds. The lowest BCUT2D eigenvalue weighted by molar-refractivity contribution is -0.138. The molecule has 2 heterocycles. The number of rotatable bonds is 6. The Morgan fingerprint density at radius 2 is 1.68 bits per heavy atom. The number of carbonyl (C=O) groups is 4. The smallest absolute Gasteiger partial charge is 0.254 e. The van der Waals surface area contributed by atoms with Crippen LogP contribution >= 0.6 is 0 Å². The zero-order valence-electron chi connectivity index (χ0n) is 19.9. The number of hydrogen-bond acceptors (Lipinski definition) is 4. The van der Waals surface area contributed by atoms with Gasteiger partial charge in [-0.25, -0.2) is 0 Å². The summed E-state index contributed by atoms with van der Waals surface area (Å²) in [6, 6.07) is 14.4. The van der Waals surface area contributed by atoms with E-state index in [9.17, 15) is 19.2 Å². The van der Waals surface area contributed by atoms with Gasteiger partial charge in [0.05, 0.1) is 12.6 Å². The van der Waals surface area contributed by atoms with Gasteiger partial charge in [0.2, 0.25) is 5.91 Å². The number of aryl methyl sites for hydroxylation is 1. The van der Waals surface area contributed by atoms with Crippen LogP contribution in [0.3, 0.4) is 0 Å². The van der Waals surface area contributed by atoms with E-state index in [4.69, 9.17) is 0 Å². The van der Waals surface area contributed by atoms with Crippen molar-refractivity contribution < 1.29 is 19.2 Å². The van der Waals surface area contributed by atoms with Gasteiger partial charge in [0.15, 0.2) is 5.78 Å². The third-order valence-electron chi connectivity index (χ3n) is 6.69. The molecule has 0 aliphatic carbocycles. The second-order valence-electron chi connectivity index (χ2n) is 9.57. The minimum Gasteiger partial charge on any atom is -0.340 e. The van der Waals surface area contributed by atoms with Crippen LogP contribution in [0.5, 0.6) is 0 Å². The molecule has 7 heteroatoms. The molecule has 3 atom stereocenters. The maximum Gasteiger partial charge on any atom is 0.254 e. The van der Waals surface area contributed by atoms with Crippen LogP contribution in [0, 0.1) is 12.8 Å². The monoisotopic (exact) mass is 461 g/mol. The fraction of sp³-hybridized carbons (Fsp3) is 0.407. The van der Waals surface area contributed by atoms with Crippen molar-refractivity contribution in [2.45, 2.75) is 51.7 Å². The van der Waals surface area contributed by atoms with E-state index in [1.165, 1.54) is 0 Å². The largest absolute Gasteiger partial charge is 0.340 e. The van der Waals surface area contributed by atoms with Crippen molar-refractivity contribution in [3.05, 3.63) is 71.3 Å². The summed E-state index contributed by atoms with van der Waals surface area (Å²) in [6.45, 7) is 6.22. The summed E-state index contributed by atoms with van der Waals surface area (Å²) in [4.78, 5) is 55.8. The minimum absolute atomic E-state index is 0.00272. The number of ketones is 1. The van der Waals surface area contributed by atoms with Gasteiger partial charge in [-0.1, -0.05) is 50.2 Å². The first kappa shape index (κ1) is 23.7. The molecular weight excluding hydrogens is 430 g/mol. The molecule has 0 bridgehead atoms. The van der Waals surface area contributed by atoms with Crippen LogP contribution in [-0.4, -0.2) is 64.5 Å². The summed E-state index contributed by atoms with van der Waals surface area (Å²) < 4.78 is 0. The van der Waals surface area contributed by atoms with Gasteiger partial charge in [-0.15, -0.1) is 0 Å². The highest BCUT2D eigenvalue weighted by molar-refractivity contribution is 6.03. The lowest BCUT2D eigenvalue weighted by Crippen LogP contribution is -2.53. The zero-order valence-corrected chi connectivity index (χ0v) is 19.9. The minimum atomic E-state index is -0.738. The Bertz CT molecular complexity index is 1100. The van der Waals surface area contributed by atoms with Gasteiger partial charge in [-0.3, -0.25) is 19.2 Å². The maximum absolute atomic E-state index is 13.6. The zero-order chi connectivity index (χ0) is 24.4. The van der Waals surface area contributed by atoms with E-state index in [-0.39, 0.29) is 42.0 Å². The summed E-state index contributed by atoms with van der Waals surface area (Å²) in [5, 5.41) is 2.91. The molecule has 34 heavy (non-hydrogen) atoms. The Morgan fingerprint density at radius 1 is 1.00 bits per heavy atom. The van der Waals surface area contributed by atoms with Gasteiger partial charge >= 0.3 is 0 Å². The second kappa shape index (κ2) is 9.79. The van der Waals surface area contributed by atoms with Crippen LogP contribution in [-0.2, 0) is 9.59 Å². The number of likely N-dealkylation sites (tertiary alicyclic amines) is 2. The van der Waals surface area contributed by atoms with Crippen LogP contribution in [0.4, 0.5) is 0 Å². The number of carbonyl (C=O) groups excluding carboxylic acids is 4. The molecule has 178 valence electrons. The van der Waals surface area contributed by atoms with E-state index in [2.05, 4.69) is 5.32 Å². The van der Waals surface area contributed by atoms with Crippen LogP contribution in [0.15, 0.2) is 54.6 Å². The van der Waals surface area contributed by atoms with Crippen molar-refractivity contribution in [2.24, 2.45) is 5.92 Å². The molecule has 0 unspecified atom stereocenters. The van der Waals surface area contributed by atoms with E-state index in [1.807, 2.05) is 39.0 Å². The maximum atomic E-state index is 13.6. The molecule has 0 aromatic heterocycles. The van der Waals surface area contributed by atoms with E-state index in [1.54, 1.807) is 46.2 Å². The number of amides is 3. The summed E-state index contributed by atoms with van der Waals surface area (Å²) in [5.41, 5.74) is 1.89. The molecule has 2 aromatic carbocycles. The number of fused-ring (bicyclic) bond motifs is 1. The first-order valence-corrected chi connectivity index (χ1v) is 11.8. The Labute approximate surface area is 200 Å². The highest BCUT2D eigenvalue weighted by Crippen LogP contribution is 2.31. The van der Waals surface area contributed by atoms with Gasteiger partial charge in [-0.05, 0) is 49.4 Å². The molecule has 2 aliphatic rings. The average Bonchev–Trinajstić information content (AvgIpc) is 3.39. The van der Waals surface area contributed by atoms with Crippen LogP contribution in [0.2, 0.25) is 0 Å². The molecule has 1 N–H and O–H groups in total. The molecule has 4 rings (SSSR count). The summed E-state index contributed by atoms with van der Waals surface area (Å²) in [7, 11) is 0. The van der Waals surface area contributed by atoms with Crippen molar-refractivity contribution in [1.82, 2.24) is 15.1 Å².